The van der Waals surface area contributed by atoms with Gasteiger partial charge < -0.3 is 19.8 Å². The van der Waals surface area contributed by atoms with E-state index in [2.05, 4.69) is 10.3 Å². The fraction of sp³-hybridized carbons (Fsp3) is 0.696. The first-order valence-electron chi connectivity index (χ1n) is 11.1. The molecule has 4 saturated carbocycles. The summed E-state index contributed by atoms with van der Waals surface area (Å²) in [6.07, 6.45) is 7.77. The summed E-state index contributed by atoms with van der Waals surface area (Å²) in [5, 5.41) is 3.02. The van der Waals surface area contributed by atoms with Crippen molar-refractivity contribution in [3.8, 4) is 0 Å². The molecule has 0 aromatic carbocycles. The minimum atomic E-state index is -0.609. The summed E-state index contributed by atoms with van der Waals surface area (Å²) in [4.78, 5) is 39.8. The van der Waals surface area contributed by atoms with Gasteiger partial charge in [-0.15, -0.1) is 0 Å². The molecule has 164 valence electrons. The van der Waals surface area contributed by atoms with Crippen LogP contribution < -0.4 is 5.32 Å². The summed E-state index contributed by atoms with van der Waals surface area (Å²) in [5.41, 5.74) is 1.77. The van der Waals surface area contributed by atoms with Gasteiger partial charge >= 0.3 is 11.9 Å². The quantitative estimate of drug-likeness (QED) is 0.665. The Hall–Kier alpha value is -2.31. The van der Waals surface area contributed by atoms with Crippen molar-refractivity contribution in [3.63, 3.8) is 0 Å². The number of hydrogen-bond donors (Lipinski definition) is 2. The Morgan fingerprint density at radius 1 is 1.00 bits per heavy atom. The molecule has 1 aromatic heterocycles. The zero-order chi connectivity index (χ0) is 21.5. The smallest absolute Gasteiger partial charge is 0.355 e. The maximum atomic E-state index is 12.5. The van der Waals surface area contributed by atoms with Crippen LogP contribution in [0.2, 0.25) is 0 Å². The van der Waals surface area contributed by atoms with E-state index < -0.39 is 11.9 Å². The summed E-state index contributed by atoms with van der Waals surface area (Å²) >= 11 is 0. The van der Waals surface area contributed by atoms with Crippen LogP contribution in [0.5, 0.6) is 0 Å². The Labute approximate surface area is 177 Å². The van der Waals surface area contributed by atoms with Gasteiger partial charge in [0.25, 0.3) is 5.91 Å². The number of hydrogen-bond acceptors (Lipinski definition) is 5. The highest BCUT2D eigenvalue weighted by Gasteiger charge is 2.50. The highest BCUT2D eigenvalue weighted by molar-refractivity contribution is 5.99. The van der Waals surface area contributed by atoms with Crippen molar-refractivity contribution in [1.29, 1.82) is 0 Å². The maximum absolute atomic E-state index is 12.5. The van der Waals surface area contributed by atoms with Crippen molar-refractivity contribution in [3.05, 3.63) is 22.5 Å². The number of rotatable bonds is 7. The highest BCUT2D eigenvalue weighted by atomic mass is 16.5. The van der Waals surface area contributed by atoms with Crippen LogP contribution in [0.15, 0.2) is 0 Å². The lowest BCUT2D eigenvalue weighted by atomic mass is 9.49. The molecule has 0 spiro atoms. The van der Waals surface area contributed by atoms with Crippen molar-refractivity contribution >= 4 is 17.8 Å². The fourth-order valence-electron chi connectivity index (χ4n) is 6.51. The van der Waals surface area contributed by atoms with Gasteiger partial charge in [0.2, 0.25) is 0 Å². The molecule has 2 N–H and O–H groups in total. The summed E-state index contributed by atoms with van der Waals surface area (Å²) < 4.78 is 10.3. The zero-order valence-corrected chi connectivity index (χ0v) is 18.1. The molecule has 30 heavy (non-hydrogen) atoms. The summed E-state index contributed by atoms with van der Waals surface area (Å²) in [6.45, 7) is 5.70. The number of nitrogens with one attached hydrogen (secondary N) is 2. The van der Waals surface area contributed by atoms with E-state index in [4.69, 9.17) is 9.47 Å². The molecule has 1 aromatic rings. The van der Waals surface area contributed by atoms with E-state index in [-0.39, 0.29) is 35.8 Å². The summed E-state index contributed by atoms with van der Waals surface area (Å²) in [6, 6.07) is 0. The van der Waals surface area contributed by atoms with Crippen molar-refractivity contribution < 1.29 is 23.9 Å². The SMILES string of the molecule is CCOC(=O)c1[nH]c(C)c(C(=O)OCC(=O)NCC23CC4CC(CC(C4)C2)C3)c1C. The molecule has 5 rings (SSSR count). The molecule has 0 unspecified atom stereocenters. The van der Waals surface area contributed by atoms with Crippen molar-refractivity contribution in [1.82, 2.24) is 10.3 Å². The Bertz CT molecular complexity index is 821. The average molecular weight is 417 g/mol. The molecular weight excluding hydrogens is 384 g/mol. The second-order valence-corrected chi connectivity index (χ2v) is 9.62. The van der Waals surface area contributed by atoms with E-state index in [1.165, 1.54) is 38.5 Å². The third kappa shape index (κ3) is 3.98. The molecule has 4 aliphatic carbocycles. The molecule has 0 atom stereocenters. The standard InChI is InChI=1S/C23H32N2O5/c1-4-29-22(28)20-13(2)19(14(3)25-20)21(27)30-11-18(26)24-12-23-8-15-5-16(9-23)7-17(6-15)10-23/h15-17,25H,4-12H2,1-3H3,(H,24,26). The Morgan fingerprint density at radius 3 is 2.17 bits per heavy atom. The van der Waals surface area contributed by atoms with Gasteiger partial charge in [0.15, 0.2) is 6.61 Å². The highest BCUT2D eigenvalue weighted by Crippen LogP contribution is 2.59. The lowest BCUT2D eigenvalue weighted by Gasteiger charge is -2.56. The largest absolute Gasteiger partial charge is 0.461 e. The van der Waals surface area contributed by atoms with Gasteiger partial charge in [0, 0.05) is 12.2 Å². The van der Waals surface area contributed by atoms with Crippen LogP contribution >= 0.6 is 0 Å². The average Bonchev–Trinajstić information content (AvgIpc) is 2.98. The van der Waals surface area contributed by atoms with Gasteiger partial charge in [-0.3, -0.25) is 4.79 Å². The second kappa shape index (κ2) is 8.08. The molecule has 0 saturated heterocycles. The first kappa shape index (κ1) is 20.9. The number of aromatic amines is 1. The Morgan fingerprint density at radius 2 is 1.60 bits per heavy atom. The van der Waals surface area contributed by atoms with E-state index in [0.717, 1.165) is 17.8 Å². The number of esters is 2. The van der Waals surface area contributed by atoms with E-state index >= 15 is 0 Å². The molecule has 4 aliphatic rings. The predicted molar refractivity (Wildman–Crippen MR) is 110 cm³/mol. The minimum Gasteiger partial charge on any atom is -0.461 e. The topological polar surface area (TPSA) is 97.5 Å². The first-order chi connectivity index (χ1) is 14.3. The van der Waals surface area contributed by atoms with Crippen LogP contribution in [-0.2, 0) is 14.3 Å². The lowest BCUT2D eigenvalue weighted by Crippen LogP contribution is -2.51. The zero-order valence-electron chi connectivity index (χ0n) is 18.1. The third-order valence-corrected chi connectivity index (χ3v) is 7.28. The molecule has 0 aliphatic heterocycles. The molecule has 1 amide bonds. The Balaban J connectivity index is 1.30. The number of carbonyl (C=O) groups excluding carboxylic acids is 3. The van der Waals surface area contributed by atoms with Crippen LogP contribution in [0, 0.1) is 37.0 Å². The van der Waals surface area contributed by atoms with Crippen molar-refractivity contribution in [2.45, 2.75) is 59.3 Å². The van der Waals surface area contributed by atoms with Gasteiger partial charge in [-0.05, 0) is 88.0 Å². The molecule has 7 heteroatoms. The first-order valence-corrected chi connectivity index (χ1v) is 11.1. The van der Waals surface area contributed by atoms with Crippen LogP contribution in [-0.4, -0.2) is 42.6 Å². The van der Waals surface area contributed by atoms with Gasteiger partial charge in [-0.25, -0.2) is 9.59 Å². The maximum Gasteiger partial charge on any atom is 0.355 e. The lowest BCUT2D eigenvalue weighted by molar-refractivity contribution is -0.126. The van der Waals surface area contributed by atoms with Gasteiger partial charge in [-0.2, -0.15) is 0 Å². The summed E-state index contributed by atoms with van der Waals surface area (Å²) in [7, 11) is 0. The number of H-pyrrole nitrogens is 1. The number of aryl methyl sites for hydroxylation is 1. The van der Waals surface area contributed by atoms with Gasteiger partial charge in [0.1, 0.15) is 5.69 Å². The molecule has 7 nitrogen and oxygen atoms in total. The molecular formula is C23H32N2O5. The normalized spacial score (nSPS) is 29.0. The van der Waals surface area contributed by atoms with Crippen molar-refractivity contribution in [2.24, 2.45) is 23.2 Å². The number of amides is 1. The van der Waals surface area contributed by atoms with Crippen molar-refractivity contribution in [2.75, 3.05) is 19.8 Å². The van der Waals surface area contributed by atoms with E-state index in [1.807, 2.05) is 0 Å². The molecule has 0 radical (unpaired) electrons. The summed E-state index contributed by atoms with van der Waals surface area (Å²) in [5.74, 6) is 1.11. The fourth-order valence-corrected chi connectivity index (χ4v) is 6.51. The van der Waals surface area contributed by atoms with E-state index in [1.54, 1.807) is 20.8 Å². The molecule has 4 bridgehead atoms. The van der Waals surface area contributed by atoms with Gasteiger partial charge in [0.05, 0.1) is 12.2 Å². The third-order valence-electron chi connectivity index (χ3n) is 7.28. The number of ether oxygens (including phenoxy) is 2. The van der Waals surface area contributed by atoms with Crippen LogP contribution in [0.4, 0.5) is 0 Å². The van der Waals surface area contributed by atoms with Crippen LogP contribution in [0.1, 0.15) is 77.6 Å². The predicted octanol–water partition coefficient (Wildman–Crippen LogP) is 3.30. The molecule has 4 fully saturated rings. The van der Waals surface area contributed by atoms with Gasteiger partial charge in [-0.1, -0.05) is 0 Å². The molecule has 1 heterocycles. The number of aromatic nitrogens is 1. The minimum absolute atomic E-state index is 0.243. The monoisotopic (exact) mass is 416 g/mol. The number of carbonyl (C=O) groups is 3. The Kier molecular flexibility index (Phi) is 5.64. The van der Waals surface area contributed by atoms with E-state index in [0.29, 0.717) is 17.8 Å². The second-order valence-electron chi connectivity index (χ2n) is 9.62. The van der Waals surface area contributed by atoms with Crippen LogP contribution in [0.25, 0.3) is 0 Å². The van der Waals surface area contributed by atoms with E-state index in [9.17, 15) is 14.4 Å². The van der Waals surface area contributed by atoms with Crippen LogP contribution in [0.3, 0.4) is 0 Å².